The van der Waals surface area contributed by atoms with Gasteiger partial charge in [0.2, 0.25) is 0 Å². The molecule has 0 nitrogen and oxygen atoms in total. The van der Waals surface area contributed by atoms with Gasteiger partial charge in [-0.1, -0.05) is 0 Å². The van der Waals surface area contributed by atoms with Crippen molar-refractivity contribution in [3.8, 4) is 0 Å². The summed E-state index contributed by atoms with van der Waals surface area (Å²) in [5.74, 6) is 0. The quantitative estimate of drug-likeness (QED) is 0.354. The Morgan fingerprint density at radius 1 is 1.00 bits per heavy atom. The van der Waals surface area contributed by atoms with E-state index in [0.717, 1.165) is 0 Å². The third kappa shape index (κ3) is 18.5. The van der Waals surface area contributed by atoms with E-state index in [0.29, 0.717) is 0 Å². The van der Waals surface area contributed by atoms with Crippen LogP contribution >= 0.6 is 0 Å². The molecule has 0 aliphatic rings. The van der Waals surface area contributed by atoms with Crippen molar-refractivity contribution in [3.63, 3.8) is 0 Å². The average molecular weight is 473 g/mol. The molecule has 0 aromatic carbocycles. The molecule has 0 atom stereocenters. The fraction of sp³-hybridized carbons (Fsp3) is 0. The first-order valence-electron chi connectivity index (χ1n) is 0. The zero-order valence-corrected chi connectivity index (χ0v) is 16.1. The van der Waals surface area contributed by atoms with Crippen molar-refractivity contribution in [1.82, 2.24) is 0 Å². The molecule has 0 saturated carbocycles. The topological polar surface area (TPSA) is 0 Å². The molecule has 0 N–H and O–H groups in total. The molecule has 0 spiro atoms. The van der Waals surface area contributed by atoms with Gasteiger partial charge in [0.1, 0.15) is 0 Å². The summed E-state index contributed by atoms with van der Waals surface area (Å²) in [6, 6.07) is 0. The number of rotatable bonds is 0. The second-order valence-corrected chi connectivity index (χ2v) is 0. The summed E-state index contributed by atoms with van der Waals surface area (Å²) < 4.78 is 0. The Morgan fingerprint density at radius 2 is 1.00 bits per heavy atom. The van der Waals surface area contributed by atoms with Gasteiger partial charge < -0.3 is 0 Å². The van der Waals surface area contributed by atoms with Crippen molar-refractivity contribution in [3.05, 3.63) is 0 Å². The summed E-state index contributed by atoms with van der Waals surface area (Å²) in [6.07, 6.45) is 0. The van der Waals surface area contributed by atoms with Gasteiger partial charge in [0.25, 0.3) is 0 Å². The van der Waals surface area contributed by atoms with E-state index in [1.807, 2.05) is 0 Å². The summed E-state index contributed by atoms with van der Waals surface area (Å²) in [4.78, 5) is 0. The van der Waals surface area contributed by atoms with E-state index in [1.54, 1.807) is 0 Å². The second kappa shape index (κ2) is 25.8. The standard InChI is InChI=1S/Al.Cd.Fe.Pb.Zn.5H. The minimum atomic E-state index is 0. The molecule has 0 aromatic rings. The first-order chi connectivity index (χ1) is 0. The van der Waals surface area contributed by atoms with Crippen LogP contribution < -0.4 is 0 Å². The van der Waals surface area contributed by atoms with Gasteiger partial charge >= 0.3 is 27.3 Å². The van der Waals surface area contributed by atoms with Gasteiger partial charge in [0.05, 0.1) is 0 Å². The van der Waals surface area contributed by atoms with Crippen molar-refractivity contribution >= 4 is 44.7 Å². The van der Waals surface area contributed by atoms with Crippen molar-refractivity contribution in [2.45, 2.75) is 0 Å². The average Bonchev–Trinajstić information content (AvgIpc) is 0. The van der Waals surface area contributed by atoms with E-state index in [4.69, 9.17) is 0 Å². The first kappa shape index (κ1) is 38.9. The first-order valence-corrected chi connectivity index (χ1v) is 0. The Balaban J connectivity index is 0. The molecular formula is H5AlCdFePbZn. The molecule has 0 unspecified atom stereocenters. The molecular weight excluding hydrogens is 468 g/mol. The second-order valence-electron chi connectivity index (χ2n) is 0. The summed E-state index contributed by atoms with van der Waals surface area (Å²) in [7, 11) is 0. The van der Waals surface area contributed by atoms with Crippen LogP contribution in [0.5, 0.6) is 0 Å². The van der Waals surface area contributed by atoms with Crippen LogP contribution in [-0.4, -0.2) is 44.7 Å². The Labute approximate surface area is 106 Å². The fourth-order valence-electron chi connectivity index (χ4n) is 0. The Hall–Kier alpha value is 3.52. The van der Waals surface area contributed by atoms with Gasteiger partial charge in [-0.05, 0) is 0 Å². The molecule has 0 aliphatic heterocycles. The van der Waals surface area contributed by atoms with Gasteiger partial charge in [0, 0.05) is 63.8 Å². The van der Waals surface area contributed by atoms with E-state index in [2.05, 4.69) is 0 Å². The van der Waals surface area contributed by atoms with Crippen molar-refractivity contribution in [2.75, 3.05) is 0 Å². The predicted molar refractivity (Wildman–Crippen MR) is 18.5 cm³/mol. The van der Waals surface area contributed by atoms with Crippen molar-refractivity contribution in [2.24, 2.45) is 0 Å². The molecule has 0 aliphatic carbocycles. The minimum Gasteiger partial charge on any atom is 0 e. The van der Waals surface area contributed by atoms with E-state index in [-0.39, 0.29) is 109 Å². The van der Waals surface area contributed by atoms with Crippen LogP contribution in [0, 0.1) is 0 Å². The van der Waals surface area contributed by atoms with E-state index < -0.39 is 0 Å². The fourth-order valence-corrected chi connectivity index (χ4v) is 0. The summed E-state index contributed by atoms with van der Waals surface area (Å²) >= 11 is 0. The van der Waals surface area contributed by atoms with E-state index in [9.17, 15) is 0 Å². The molecule has 0 saturated heterocycles. The molecule has 2 radical (unpaired) electrons. The summed E-state index contributed by atoms with van der Waals surface area (Å²) in [6.45, 7) is 0. The zero-order chi connectivity index (χ0) is 0. The van der Waals surface area contributed by atoms with Crippen LogP contribution in [0.1, 0.15) is 0 Å². The summed E-state index contributed by atoms with van der Waals surface area (Å²) in [5.41, 5.74) is 0. The molecule has 5 heavy (non-hydrogen) atoms. The van der Waals surface area contributed by atoms with Crippen LogP contribution in [-0.2, 0) is 63.8 Å². The largest absolute Gasteiger partial charge is 0 e. The van der Waals surface area contributed by atoms with Gasteiger partial charge in [-0.2, -0.15) is 0 Å². The van der Waals surface area contributed by atoms with Crippen LogP contribution in [0.25, 0.3) is 0 Å². The van der Waals surface area contributed by atoms with Crippen molar-refractivity contribution < 1.29 is 63.8 Å². The third-order valence-electron chi connectivity index (χ3n) is 0. The van der Waals surface area contributed by atoms with Gasteiger partial charge in [-0.15, -0.1) is 0 Å². The SMILES string of the molecule is [AlH3].[Cd].[Fe].[PbH2].[Zn]. The zero-order valence-electron chi connectivity index (χ0n) is 2.47. The maximum Gasteiger partial charge on any atom is 0 e. The maximum absolute atomic E-state index is 0. The van der Waals surface area contributed by atoms with E-state index in [1.165, 1.54) is 0 Å². The summed E-state index contributed by atoms with van der Waals surface area (Å²) in [5, 5.41) is 0. The molecule has 0 aromatic heterocycles. The molecule has 0 fully saturated rings. The normalized spacial score (nSPS) is 0. The van der Waals surface area contributed by atoms with Crippen LogP contribution in [0.3, 0.4) is 0 Å². The Morgan fingerprint density at radius 3 is 1.00 bits per heavy atom. The Kier molecular flexibility index (Phi) is 201. The predicted octanol–water partition coefficient (Wildman–Crippen LogP) is -2.11. The van der Waals surface area contributed by atoms with E-state index >= 15 is 0 Å². The third-order valence-corrected chi connectivity index (χ3v) is 0. The maximum atomic E-state index is 0. The van der Waals surface area contributed by atoms with Gasteiger partial charge in [-0.25, -0.2) is 0 Å². The van der Waals surface area contributed by atoms with Crippen LogP contribution in [0.4, 0.5) is 0 Å². The number of hydrogen-bond donors (Lipinski definition) is 0. The van der Waals surface area contributed by atoms with Crippen molar-refractivity contribution in [1.29, 1.82) is 0 Å². The molecule has 0 rings (SSSR count). The monoisotopic (exact) mass is 474 g/mol. The van der Waals surface area contributed by atoms with Crippen LogP contribution in [0.15, 0.2) is 0 Å². The molecule has 5 heteroatoms. The van der Waals surface area contributed by atoms with Crippen LogP contribution in [0.2, 0.25) is 0 Å². The molecule has 0 bridgehead atoms. The molecule has 0 heterocycles. The molecule has 0 amide bonds. The molecule has 24 valence electrons. The van der Waals surface area contributed by atoms with Gasteiger partial charge in [0.15, 0.2) is 17.4 Å². The van der Waals surface area contributed by atoms with Gasteiger partial charge in [-0.3, -0.25) is 0 Å². The minimum absolute atomic E-state index is 0. The smallest absolute Gasteiger partial charge is 0 e. The number of hydrogen-bond acceptors (Lipinski definition) is 0. The Bertz CT molecular complexity index is 11.6.